The maximum atomic E-state index is 11.0. The van der Waals surface area contributed by atoms with Gasteiger partial charge >= 0.3 is 0 Å². The Hall–Kier alpha value is -1.31. The molecule has 0 saturated heterocycles. The molecule has 1 rings (SSSR count). The largest absolute Gasteiger partial charge is 0.494 e. The summed E-state index contributed by atoms with van der Waals surface area (Å²) in [4.78, 5) is 11.0. The van der Waals surface area contributed by atoms with Crippen molar-refractivity contribution in [1.82, 2.24) is 0 Å². The second kappa shape index (κ2) is 6.74. The number of rotatable bonds is 6. The molecule has 1 aromatic rings. The highest BCUT2D eigenvalue weighted by Gasteiger charge is 2.19. The van der Waals surface area contributed by atoms with Crippen molar-refractivity contribution in [2.24, 2.45) is 0 Å². The number of aryl methyl sites for hydroxylation is 1. The summed E-state index contributed by atoms with van der Waals surface area (Å²) in [5.41, 5.74) is 2.60. The van der Waals surface area contributed by atoms with E-state index in [1.165, 1.54) is 11.1 Å². The molecule has 0 N–H and O–H groups in total. The van der Waals surface area contributed by atoms with E-state index >= 15 is 0 Å². The van der Waals surface area contributed by atoms with Gasteiger partial charge in [0, 0.05) is 6.42 Å². The minimum Gasteiger partial charge on any atom is -0.494 e. The molecule has 0 radical (unpaired) electrons. The van der Waals surface area contributed by atoms with Crippen LogP contribution in [0.3, 0.4) is 0 Å². The van der Waals surface area contributed by atoms with Crippen LogP contribution in [0.1, 0.15) is 58.6 Å². The predicted molar refractivity (Wildman–Crippen MR) is 79.9 cm³/mol. The minimum atomic E-state index is 0.0705. The first-order valence-corrected chi connectivity index (χ1v) is 7.10. The van der Waals surface area contributed by atoms with Gasteiger partial charge < -0.3 is 9.53 Å². The Balaban J connectivity index is 2.88. The van der Waals surface area contributed by atoms with E-state index in [9.17, 15) is 4.79 Å². The Bertz CT molecular complexity index is 427. The average molecular weight is 262 g/mol. The van der Waals surface area contributed by atoms with Gasteiger partial charge in [-0.3, -0.25) is 0 Å². The van der Waals surface area contributed by atoms with Crippen molar-refractivity contribution >= 4 is 5.78 Å². The van der Waals surface area contributed by atoms with Gasteiger partial charge in [0.1, 0.15) is 11.5 Å². The molecule has 0 fully saturated rings. The lowest BCUT2D eigenvalue weighted by Crippen LogP contribution is -2.14. The van der Waals surface area contributed by atoms with Gasteiger partial charge in [-0.25, -0.2) is 0 Å². The van der Waals surface area contributed by atoms with Crippen molar-refractivity contribution in [3.05, 3.63) is 29.3 Å². The minimum absolute atomic E-state index is 0.0705. The Morgan fingerprint density at radius 3 is 2.47 bits per heavy atom. The van der Waals surface area contributed by atoms with E-state index in [1.807, 2.05) is 6.92 Å². The van der Waals surface area contributed by atoms with E-state index in [-0.39, 0.29) is 11.2 Å². The molecule has 2 nitrogen and oxygen atoms in total. The van der Waals surface area contributed by atoms with Gasteiger partial charge in [0.2, 0.25) is 0 Å². The molecule has 0 saturated carbocycles. The average Bonchev–Trinajstić information content (AvgIpc) is 2.29. The van der Waals surface area contributed by atoms with Gasteiger partial charge in [-0.05, 0) is 49.3 Å². The molecule has 1 aromatic carbocycles. The molecule has 0 aliphatic rings. The van der Waals surface area contributed by atoms with Gasteiger partial charge in [0.25, 0.3) is 0 Å². The van der Waals surface area contributed by atoms with Crippen LogP contribution in [0.15, 0.2) is 18.2 Å². The highest BCUT2D eigenvalue weighted by molar-refractivity contribution is 5.75. The van der Waals surface area contributed by atoms with Crippen molar-refractivity contribution < 1.29 is 9.53 Å². The smallest absolute Gasteiger partial charge is 0.129 e. The highest BCUT2D eigenvalue weighted by atomic mass is 16.5. The molecule has 0 aliphatic heterocycles. The summed E-state index contributed by atoms with van der Waals surface area (Å²) >= 11 is 0. The third-order valence-electron chi connectivity index (χ3n) is 3.15. The summed E-state index contributed by atoms with van der Waals surface area (Å²) in [6.07, 6.45) is 2.54. The van der Waals surface area contributed by atoms with Crippen molar-refractivity contribution in [2.45, 2.75) is 59.3 Å². The first-order valence-electron chi connectivity index (χ1n) is 7.10. The lowest BCUT2D eigenvalue weighted by Gasteiger charge is -2.23. The van der Waals surface area contributed by atoms with Crippen molar-refractivity contribution in [1.29, 1.82) is 0 Å². The van der Waals surface area contributed by atoms with Crippen molar-refractivity contribution in [3.63, 3.8) is 0 Å². The summed E-state index contributed by atoms with van der Waals surface area (Å²) in [5.74, 6) is 1.24. The first-order chi connectivity index (χ1) is 8.84. The van der Waals surface area contributed by atoms with Gasteiger partial charge in [0.15, 0.2) is 0 Å². The molecule has 0 atom stereocenters. The number of ether oxygens (including phenoxy) is 1. The SMILES string of the molecule is CCOc1ccc(CCCC(C)=O)cc1C(C)(C)C. The molecule has 106 valence electrons. The zero-order valence-corrected chi connectivity index (χ0v) is 12.9. The lowest BCUT2D eigenvalue weighted by molar-refractivity contribution is -0.117. The van der Waals surface area contributed by atoms with Crippen LogP contribution in [0.5, 0.6) is 5.75 Å². The molecule has 0 amide bonds. The molecule has 19 heavy (non-hydrogen) atoms. The molecule has 2 heteroatoms. The maximum absolute atomic E-state index is 11.0. The maximum Gasteiger partial charge on any atom is 0.129 e. The molecule has 0 aliphatic carbocycles. The van der Waals surface area contributed by atoms with E-state index in [0.29, 0.717) is 13.0 Å². The molecule has 0 spiro atoms. The van der Waals surface area contributed by atoms with Crippen molar-refractivity contribution in [2.75, 3.05) is 6.61 Å². The predicted octanol–water partition coefficient (Wildman–Crippen LogP) is 4.29. The number of benzene rings is 1. The quantitative estimate of drug-likeness (QED) is 0.764. The second-order valence-electron chi connectivity index (χ2n) is 6.07. The van der Waals surface area contributed by atoms with Crippen molar-refractivity contribution in [3.8, 4) is 5.75 Å². The van der Waals surface area contributed by atoms with Crippen LogP contribution in [0.4, 0.5) is 0 Å². The fourth-order valence-electron chi connectivity index (χ4n) is 2.14. The van der Waals surface area contributed by atoms with Crippen LogP contribution in [-0.2, 0) is 16.6 Å². The molecular formula is C17H26O2. The monoisotopic (exact) mass is 262 g/mol. The number of hydrogen-bond donors (Lipinski definition) is 0. The topological polar surface area (TPSA) is 26.3 Å². The van der Waals surface area contributed by atoms with Crippen LogP contribution in [0, 0.1) is 0 Å². The normalized spacial score (nSPS) is 11.4. The number of Topliss-reactive ketones (excluding diaryl/α,β-unsaturated/α-hetero) is 1. The lowest BCUT2D eigenvalue weighted by atomic mass is 9.85. The van der Waals surface area contributed by atoms with Crippen LogP contribution in [0.25, 0.3) is 0 Å². The summed E-state index contributed by atoms with van der Waals surface area (Å²) in [6.45, 7) is 10.9. The molecule has 0 unspecified atom stereocenters. The third-order valence-corrected chi connectivity index (χ3v) is 3.15. The molecular weight excluding hydrogens is 236 g/mol. The Morgan fingerprint density at radius 1 is 1.26 bits per heavy atom. The van der Waals surface area contributed by atoms with Crippen LogP contribution in [-0.4, -0.2) is 12.4 Å². The van der Waals surface area contributed by atoms with E-state index in [1.54, 1.807) is 6.92 Å². The first kappa shape index (κ1) is 15.7. The highest BCUT2D eigenvalue weighted by Crippen LogP contribution is 2.32. The van der Waals surface area contributed by atoms with Gasteiger partial charge in [0.05, 0.1) is 6.61 Å². The van der Waals surface area contributed by atoms with Gasteiger partial charge in [-0.2, -0.15) is 0 Å². The standard InChI is InChI=1S/C17H26O2/c1-6-19-16-11-10-14(9-7-8-13(2)18)12-15(16)17(3,4)5/h10-12H,6-9H2,1-5H3. The number of carbonyl (C=O) groups is 1. The second-order valence-corrected chi connectivity index (χ2v) is 6.07. The fraction of sp³-hybridized carbons (Fsp3) is 0.588. The van der Waals surface area contributed by atoms with E-state index < -0.39 is 0 Å². The summed E-state index contributed by atoms with van der Waals surface area (Å²) in [5, 5.41) is 0. The number of hydrogen-bond acceptors (Lipinski definition) is 2. The van der Waals surface area contributed by atoms with E-state index in [4.69, 9.17) is 4.74 Å². The van der Waals surface area contributed by atoms with E-state index in [0.717, 1.165) is 18.6 Å². The molecule has 0 aromatic heterocycles. The Labute approximate surface area is 117 Å². The zero-order valence-electron chi connectivity index (χ0n) is 12.9. The summed E-state index contributed by atoms with van der Waals surface area (Å²) in [7, 11) is 0. The summed E-state index contributed by atoms with van der Waals surface area (Å²) in [6, 6.07) is 6.40. The van der Waals surface area contributed by atoms with Gasteiger partial charge in [-0.15, -0.1) is 0 Å². The fourth-order valence-corrected chi connectivity index (χ4v) is 2.14. The third kappa shape index (κ3) is 5.06. The molecule has 0 bridgehead atoms. The van der Waals surface area contributed by atoms with Crippen LogP contribution < -0.4 is 4.74 Å². The number of ketones is 1. The Morgan fingerprint density at radius 2 is 1.95 bits per heavy atom. The zero-order chi connectivity index (χ0) is 14.5. The van der Waals surface area contributed by atoms with E-state index in [2.05, 4.69) is 39.0 Å². The molecule has 0 heterocycles. The Kier molecular flexibility index (Phi) is 5.59. The summed E-state index contributed by atoms with van der Waals surface area (Å²) < 4.78 is 5.71. The van der Waals surface area contributed by atoms with Crippen LogP contribution in [0.2, 0.25) is 0 Å². The van der Waals surface area contributed by atoms with Gasteiger partial charge in [-0.1, -0.05) is 32.9 Å². The van der Waals surface area contributed by atoms with Crippen LogP contribution >= 0.6 is 0 Å². The number of carbonyl (C=O) groups excluding carboxylic acids is 1.